The number of ether oxygens (including phenoxy) is 3. The predicted octanol–water partition coefficient (Wildman–Crippen LogP) is 6.99. The van der Waals surface area contributed by atoms with Crippen molar-refractivity contribution in [3.63, 3.8) is 0 Å². The third-order valence-corrected chi connectivity index (χ3v) is 8.49. The molecule has 4 aromatic rings. The molecule has 2 aliphatic heterocycles. The Hall–Kier alpha value is -4.82. The van der Waals surface area contributed by atoms with E-state index < -0.39 is 11.6 Å². The number of anilines is 2. The summed E-state index contributed by atoms with van der Waals surface area (Å²) in [7, 11) is 0. The van der Waals surface area contributed by atoms with E-state index in [1.54, 1.807) is 6.07 Å². The maximum atomic E-state index is 13.2. The Morgan fingerprint density at radius 1 is 0.911 bits per heavy atom. The Morgan fingerprint density at radius 3 is 2.31 bits per heavy atom. The van der Waals surface area contributed by atoms with Gasteiger partial charge < -0.3 is 30.2 Å². The van der Waals surface area contributed by atoms with Crippen molar-refractivity contribution in [3.8, 4) is 17.2 Å². The maximum Gasteiger partial charge on any atom is 0.340 e. The Balaban J connectivity index is 1.27. The van der Waals surface area contributed by atoms with Gasteiger partial charge in [-0.2, -0.15) is 0 Å². The summed E-state index contributed by atoms with van der Waals surface area (Å²) < 4.78 is 19.0. The zero-order valence-electron chi connectivity index (χ0n) is 26.1. The van der Waals surface area contributed by atoms with Crippen LogP contribution in [0.15, 0.2) is 84.9 Å². The lowest BCUT2D eigenvalue weighted by molar-refractivity contribution is -0.117. The minimum atomic E-state index is -1.13. The molecule has 0 saturated heterocycles. The molecule has 1 spiro atoms. The Morgan fingerprint density at radius 2 is 1.60 bits per heavy atom. The first-order valence-electron chi connectivity index (χ1n) is 15.6. The minimum absolute atomic E-state index is 0.194. The van der Waals surface area contributed by atoms with Crippen LogP contribution in [-0.2, 0) is 21.7 Å². The lowest BCUT2D eigenvalue weighted by atomic mass is 9.77. The summed E-state index contributed by atoms with van der Waals surface area (Å²) in [5, 5.41) is 2.88. The van der Waals surface area contributed by atoms with E-state index in [0.717, 1.165) is 41.0 Å². The first kappa shape index (κ1) is 30.2. The molecule has 232 valence electrons. The number of esters is 1. The zero-order chi connectivity index (χ0) is 31.7. The molecule has 0 saturated carbocycles. The van der Waals surface area contributed by atoms with Crippen molar-refractivity contribution in [2.45, 2.75) is 52.4 Å². The second-order valence-corrected chi connectivity index (χ2v) is 11.9. The number of amides is 1. The largest absolute Gasteiger partial charge is 0.489 e. The van der Waals surface area contributed by atoms with Crippen molar-refractivity contribution >= 4 is 23.3 Å². The van der Waals surface area contributed by atoms with E-state index in [0.29, 0.717) is 47.4 Å². The molecule has 0 aliphatic carbocycles. The highest BCUT2D eigenvalue weighted by Gasteiger charge is 2.53. The van der Waals surface area contributed by atoms with Crippen LogP contribution in [0.5, 0.6) is 17.2 Å². The zero-order valence-corrected chi connectivity index (χ0v) is 26.1. The van der Waals surface area contributed by atoms with Crippen LogP contribution in [0, 0.1) is 5.92 Å². The highest BCUT2D eigenvalue weighted by atomic mass is 16.6. The molecule has 8 nitrogen and oxygen atoms in total. The highest BCUT2D eigenvalue weighted by molar-refractivity contribution is 5.97. The van der Waals surface area contributed by atoms with Crippen LogP contribution in [0.1, 0.15) is 66.7 Å². The fourth-order valence-electron chi connectivity index (χ4n) is 6.22. The molecule has 2 aliphatic rings. The van der Waals surface area contributed by atoms with Crippen molar-refractivity contribution in [1.82, 2.24) is 0 Å². The number of hydrogen-bond donors (Lipinski definition) is 2. The molecule has 45 heavy (non-hydrogen) atoms. The van der Waals surface area contributed by atoms with Gasteiger partial charge >= 0.3 is 5.97 Å². The van der Waals surface area contributed by atoms with Crippen LogP contribution in [0.2, 0.25) is 0 Å². The fourth-order valence-corrected chi connectivity index (χ4v) is 6.22. The minimum Gasteiger partial charge on any atom is -0.489 e. The SMILES string of the molecule is CCN(CC)c1ccc2c(c1)Oc1cc(OCc3ccc(NC(=O)[C@@H](N)CC(C)C)cc3)ccc1C21OC(=O)c2ccccc21. The molecule has 2 atom stereocenters. The van der Waals surface area contributed by atoms with Gasteiger partial charge in [0.05, 0.1) is 11.6 Å². The normalized spacial score (nSPS) is 16.7. The van der Waals surface area contributed by atoms with Gasteiger partial charge in [0.2, 0.25) is 5.91 Å². The fraction of sp³-hybridized carbons (Fsp3) is 0.297. The van der Waals surface area contributed by atoms with E-state index in [1.165, 1.54) is 0 Å². The van der Waals surface area contributed by atoms with Crippen LogP contribution in [-0.4, -0.2) is 31.0 Å². The highest BCUT2D eigenvalue weighted by Crippen LogP contribution is 2.57. The lowest BCUT2D eigenvalue weighted by Gasteiger charge is -2.37. The summed E-state index contributed by atoms with van der Waals surface area (Å²) >= 11 is 0. The number of nitrogens with zero attached hydrogens (tertiary/aromatic N) is 1. The van der Waals surface area contributed by atoms with Crippen LogP contribution in [0.3, 0.4) is 0 Å². The van der Waals surface area contributed by atoms with Gasteiger partial charge in [-0.3, -0.25) is 4.79 Å². The Kier molecular flexibility index (Phi) is 8.25. The van der Waals surface area contributed by atoms with Gasteiger partial charge in [0.1, 0.15) is 23.9 Å². The third-order valence-electron chi connectivity index (χ3n) is 8.49. The molecule has 1 unspecified atom stereocenters. The van der Waals surface area contributed by atoms with Gasteiger partial charge in [-0.1, -0.05) is 44.2 Å². The quantitative estimate of drug-likeness (QED) is 0.188. The summed E-state index contributed by atoms with van der Waals surface area (Å²) in [6.45, 7) is 10.3. The van der Waals surface area contributed by atoms with E-state index >= 15 is 0 Å². The molecule has 0 bridgehead atoms. The topological polar surface area (TPSA) is 103 Å². The summed E-state index contributed by atoms with van der Waals surface area (Å²) in [6.07, 6.45) is 0.626. The third kappa shape index (κ3) is 5.62. The summed E-state index contributed by atoms with van der Waals surface area (Å²) in [4.78, 5) is 27.8. The number of carbonyl (C=O) groups excluding carboxylic acids is 2. The number of nitrogens with one attached hydrogen (secondary N) is 1. The smallest absolute Gasteiger partial charge is 0.340 e. The second-order valence-electron chi connectivity index (χ2n) is 11.9. The van der Waals surface area contributed by atoms with Gasteiger partial charge in [0.25, 0.3) is 0 Å². The van der Waals surface area contributed by atoms with Gasteiger partial charge in [0.15, 0.2) is 5.60 Å². The van der Waals surface area contributed by atoms with Crippen molar-refractivity contribution in [2.75, 3.05) is 23.3 Å². The van der Waals surface area contributed by atoms with Crippen molar-refractivity contribution in [1.29, 1.82) is 0 Å². The lowest BCUT2D eigenvalue weighted by Crippen LogP contribution is -2.36. The van der Waals surface area contributed by atoms with Crippen molar-refractivity contribution in [3.05, 3.63) is 113 Å². The number of carbonyl (C=O) groups is 2. The first-order valence-corrected chi connectivity index (χ1v) is 15.6. The van der Waals surface area contributed by atoms with Gasteiger partial charge in [0, 0.05) is 53.3 Å². The van der Waals surface area contributed by atoms with Crippen LogP contribution in [0.4, 0.5) is 11.4 Å². The molecular formula is C37H39N3O5. The van der Waals surface area contributed by atoms with E-state index in [-0.39, 0.29) is 11.9 Å². The summed E-state index contributed by atoms with van der Waals surface area (Å²) in [5.41, 5.74) is 10.4. The molecule has 0 aromatic heterocycles. The van der Waals surface area contributed by atoms with Crippen molar-refractivity contribution < 1.29 is 23.8 Å². The molecule has 6 rings (SSSR count). The van der Waals surface area contributed by atoms with Crippen LogP contribution >= 0.6 is 0 Å². The standard InChI is InChI=1S/C37H39N3O5/c1-5-40(6-2)26-15-17-30-33(20-26)44-34-21-27(16-18-31(34)37(30)29-10-8-7-9-28(29)36(42)45-37)43-22-24-11-13-25(14-12-24)39-35(41)32(38)19-23(3)4/h7-18,20-21,23,32H,5-6,19,22,38H2,1-4H3,(H,39,41)/t32-,37?/m0/s1. The number of nitrogens with two attached hydrogens (primary N) is 1. The Bertz CT molecular complexity index is 1730. The molecule has 0 radical (unpaired) electrons. The van der Waals surface area contributed by atoms with Crippen LogP contribution in [0.25, 0.3) is 0 Å². The number of hydrogen-bond acceptors (Lipinski definition) is 7. The average molecular weight is 606 g/mol. The summed E-state index contributed by atoms with van der Waals surface area (Å²) in [5.74, 6) is 1.60. The molecule has 1 amide bonds. The van der Waals surface area contributed by atoms with Gasteiger partial charge in [-0.25, -0.2) is 4.79 Å². The molecule has 2 heterocycles. The molecule has 4 aromatic carbocycles. The Labute approximate surface area is 264 Å². The first-order chi connectivity index (χ1) is 21.7. The van der Waals surface area contributed by atoms with E-state index in [1.807, 2.05) is 86.6 Å². The maximum absolute atomic E-state index is 13.2. The summed E-state index contributed by atoms with van der Waals surface area (Å²) in [6, 6.07) is 26.2. The average Bonchev–Trinajstić information content (AvgIpc) is 3.33. The van der Waals surface area contributed by atoms with Crippen LogP contribution < -0.4 is 25.4 Å². The predicted molar refractivity (Wildman–Crippen MR) is 175 cm³/mol. The molecular weight excluding hydrogens is 566 g/mol. The molecule has 8 heteroatoms. The molecule has 0 fully saturated rings. The van der Waals surface area contributed by atoms with E-state index in [9.17, 15) is 9.59 Å². The van der Waals surface area contributed by atoms with Gasteiger partial charge in [-0.05, 0) is 74.2 Å². The number of rotatable bonds is 10. The van der Waals surface area contributed by atoms with Gasteiger partial charge in [-0.15, -0.1) is 0 Å². The molecule has 3 N–H and O–H groups in total. The monoisotopic (exact) mass is 605 g/mol. The number of benzene rings is 4. The van der Waals surface area contributed by atoms with E-state index in [4.69, 9.17) is 19.9 Å². The van der Waals surface area contributed by atoms with Crippen molar-refractivity contribution in [2.24, 2.45) is 11.7 Å². The number of fused-ring (bicyclic) bond motifs is 6. The second kappa shape index (κ2) is 12.3. The van der Waals surface area contributed by atoms with E-state index in [2.05, 4.69) is 30.1 Å².